The lowest BCUT2D eigenvalue weighted by Crippen LogP contribution is -2.40. The van der Waals surface area contributed by atoms with E-state index in [1.54, 1.807) is 24.5 Å². The van der Waals surface area contributed by atoms with Crippen molar-refractivity contribution in [1.29, 1.82) is 0 Å². The number of hydrogen-bond acceptors (Lipinski definition) is 4. The van der Waals surface area contributed by atoms with Crippen molar-refractivity contribution in [3.05, 3.63) is 95.8 Å². The SMILES string of the molecule is O=C(N[C@@H](c1ccccn1)C1CCN(Cc2cccnc2)CC1)c1cccc(F)c1. The molecule has 6 heteroatoms. The Morgan fingerprint density at radius 3 is 2.67 bits per heavy atom. The first-order valence-corrected chi connectivity index (χ1v) is 10.3. The Kier molecular flexibility index (Phi) is 6.44. The van der Waals surface area contributed by atoms with E-state index in [2.05, 4.69) is 26.3 Å². The van der Waals surface area contributed by atoms with E-state index in [4.69, 9.17) is 0 Å². The van der Waals surface area contributed by atoms with E-state index in [-0.39, 0.29) is 17.9 Å². The summed E-state index contributed by atoms with van der Waals surface area (Å²) in [7, 11) is 0. The maximum Gasteiger partial charge on any atom is 0.251 e. The zero-order valence-corrected chi connectivity index (χ0v) is 16.7. The summed E-state index contributed by atoms with van der Waals surface area (Å²) >= 11 is 0. The van der Waals surface area contributed by atoms with E-state index >= 15 is 0 Å². The van der Waals surface area contributed by atoms with Crippen LogP contribution >= 0.6 is 0 Å². The predicted molar refractivity (Wildman–Crippen MR) is 113 cm³/mol. The molecule has 0 aliphatic carbocycles. The minimum atomic E-state index is -0.416. The van der Waals surface area contributed by atoms with Crippen LogP contribution in [0.15, 0.2) is 73.2 Å². The summed E-state index contributed by atoms with van der Waals surface area (Å²) in [5, 5.41) is 3.11. The number of carbonyl (C=O) groups excluding carboxylic acids is 1. The summed E-state index contributed by atoms with van der Waals surface area (Å²) in [6, 6.07) is 15.4. The third-order valence-electron chi connectivity index (χ3n) is 5.61. The lowest BCUT2D eigenvalue weighted by molar-refractivity contribution is 0.0888. The van der Waals surface area contributed by atoms with E-state index in [0.29, 0.717) is 5.56 Å². The van der Waals surface area contributed by atoms with Crippen LogP contribution in [-0.2, 0) is 6.54 Å². The normalized spacial score (nSPS) is 16.2. The fraction of sp³-hybridized carbons (Fsp3) is 0.292. The molecule has 1 atom stereocenters. The average molecular weight is 404 g/mol. The first-order chi connectivity index (χ1) is 14.7. The van der Waals surface area contributed by atoms with Crippen molar-refractivity contribution in [1.82, 2.24) is 20.2 Å². The number of nitrogens with zero attached hydrogens (tertiary/aromatic N) is 3. The van der Waals surface area contributed by atoms with Crippen molar-refractivity contribution in [3.63, 3.8) is 0 Å². The largest absolute Gasteiger partial charge is 0.343 e. The van der Waals surface area contributed by atoms with Gasteiger partial charge in [-0.3, -0.25) is 19.7 Å². The minimum absolute atomic E-state index is 0.206. The molecule has 4 rings (SSSR count). The molecule has 0 radical (unpaired) electrons. The van der Waals surface area contributed by atoms with Gasteiger partial charge in [0.1, 0.15) is 5.82 Å². The maximum absolute atomic E-state index is 13.6. The van der Waals surface area contributed by atoms with Gasteiger partial charge in [-0.25, -0.2) is 4.39 Å². The molecule has 1 fully saturated rings. The van der Waals surface area contributed by atoms with Crippen molar-refractivity contribution in [2.24, 2.45) is 5.92 Å². The Labute approximate surface area is 176 Å². The van der Waals surface area contributed by atoms with Crippen LogP contribution in [0.5, 0.6) is 0 Å². The second-order valence-electron chi connectivity index (χ2n) is 7.69. The standard InChI is InChI=1S/C24H25FN4O/c25-21-7-3-6-20(15-21)24(30)28-23(22-8-1-2-12-27-22)19-9-13-29(14-10-19)17-18-5-4-11-26-16-18/h1-8,11-12,15-16,19,23H,9-10,13-14,17H2,(H,28,30)/t23-/m1/s1. The molecule has 30 heavy (non-hydrogen) atoms. The zero-order valence-electron chi connectivity index (χ0n) is 16.7. The van der Waals surface area contributed by atoms with Gasteiger partial charge in [-0.05, 0) is 73.8 Å². The first-order valence-electron chi connectivity index (χ1n) is 10.3. The molecule has 1 aliphatic heterocycles. The summed E-state index contributed by atoms with van der Waals surface area (Å²) in [6.07, 6.45) is 7.33. The molecule has 3 heterocycles. The number of piperidine rings is 1. The number of hydrogen-bond donors (Lipinski definition) is 1. The molecule has 1 amide bonds. The second-order valence-corrected chi connectivity index (χ2v) is 7.69. The third-order valence-corrected chi connectivity index (χ3v) is 5.61. The smallest absolute Gasteiger partial charge is 0.251 e. The van der Waals surface area contributed by atoms with Gasteiger partial charge in [0.15, 0.2) is 0 Å². The zero-order chi connectivity index (χ0) is 20.8. The van der Waals surface area contributed by atoms with Gasteiger partial charge in [-0.1, -0.05) is 18.2 Å². The fourth-order valence-corrected chi connectivity index (χ4v) is 4.04. The molecular weight excluding hydrogens is 379 g/mol. The van der Waals surface area contributed by atoms with Crippen LogP contribution in [0.1, 0.15) is 40.5 Å². The van der Waals surface area contributed by atoms with E-state index in [1.165, 1.54) is 17.7 Å². The number of benzene rings is 1. The van der Waals surface area contributed by atoms with Gasteiger partial charge in [0, 0.05) is 30.7 Å². The van der Waals surface area contributed by atoms with Crippen molar-refractivity contribution in [2.45, 2.75) is 25.4 Å². The lowest BCUT2D eigenvalue weighted by atomic mass is 9.87. The van der Waals surface area contributed by atoms with E-state index in [0.717, 1.165) is 38.2 Å². The Morgan fingerprint density at radius 1 is 1.10 bits per heavy atom. The number of pyridine rings is 2. The summed E-state index contributed by atoms with van der Waals surface area (Å²) in [4.78, 5) is 23.9. The van der Waals surface area contributed by atoms with Gasteiger partial charge < -0.3 is 5.32 Å². The molecule has 1 aromatic carbocycles. The molecule has 3 aromatic rings. The molecule has 154 valence electrons. The van der Waals surface area contributed by atoms with Crippen LogP contribution < -0.4 is 5.32 Å². The quantitative estimate of drug-likeness (QED) is 0.675. The monoisotopic (exact) mass is 404 g/mol. The Bertz CT molecular complexity index is 959. The number of amides is 1. The van der Waals surface area contributed by atoms with Crippen molar-refractivity contribution in [2.75, 3.05) is 13.1 Å². The summed E-state index contributed by atoms with van der Waals surface area (Å²) < 4.78 is 13.6. The fourth-order valence-electron chi connectivity index (χ4n) is 4.04. The summed E-state index contributed by atoms with van der Waals surface area (Å²) in [5.41, 5.74) is 2.37. The van der Waals surface area contributed by atoms with Gasteiger partial charge in [-0.2, -0.15) is 0 Å². The van der Waals surface area contributed by atoms with Crippen LogP contribution in [0.25, 0.3) is 0 Å². The highest BCUT2D eigenvalue weighted by atomic mass is 19.1. The van der Waals surface area contributed by atoms with Crippen LogP contribution in [0.2, 0.25) is 0 Å². The molecule has 2 aromatic heterocycles. The van der Waals surface area contributed by atoms with Gasteiger partial charge >= 0.3 is 0 Å². The highest BCUT2D eigenvalue weighted by molar-refractivity contribution is 5.94. The molecule has 0 spiro atoms. The van der Waals surface area contributed by atoms with E-state index in [1.807, 2.05) is 30.5 Å². The molecule has 1 aliphatic rings. The Balaban J connectivity index is 1.45. The van der Waals surface area contributed by atoms with Crippen LogP contribution in [0, 0.1) is 11.7 Å². The first kappa shape index (κ1) is 20.2. The highest BCUT2D eigenvalue weighted by Gasteiger charge is 2.30. The molecular formula is C24H25FN4O. The molecule has 5 nitrogen and oxygen atoms in total. The maximum atomic E-state index is 13.6. The summed E-state index contributed by atoms with van der Waals surface area (Å²) in [5.74, 6) is -0.425. The molecule has 1 N–H and O–H groups in total. The van der Waals surface area contributed by atoms with Crippen molar-refractivity contribution < 1.29 is 9.18 Å². The lowest BCUT2D eigenvalue weighted by Gasteiger charge is -2.36. The molecule has 1 saturated heterocycles. The topological polar surface area (TPSA) is 58.1 Å². The van der Waals surface area contributed by atoms with Crippen molar-refractivity contribution in [3.8, 4) is 0 Å². The summed E-state index contributed by atoms with van der Waals surface area (Å²) in [6.45, 7) is 2.77. The number of aromatic nitrogens is 2. The second kappa shape index (κ2) is 9.59. The van der Waals surface area contributed by atoms with E-state index in [9.17, 15) is 9.18 Å². The van der Waals surface area contributed by atoms with Crippen LogP contribution in [0.3, 0.4) is 0 Å². The number of carbonyl (C=O) groups is 1. The number of rotatable bonds is 6. The highest BCUT2D eigenvalue weighted by Crippen LogP contribution is 2.30. The average Bonchev–Trinajstić information content (AvgIpc) is 2.79. The Hall–Kier alpha value is -3.12. The number of nitrogens with one attached hydrogen (secondary N) is 1. The van der Waals surface area contributed by atoms with Gasteiger partial charge in [0.2, 0.25) is 0 Å². The predicted octanol–water partition coefficient (Wildman–Crippen LogP) is 4.00. The van der Waals surface area contributed by atoms with Crippen LogP contribution in [-0.4, -0.2) is 33.9 Å². The third kappa shape index (κ3) is 5.07. The van der Waals surface area contributed by atoms with Gasteiger partial charge in [-0.15, -0.1) is 0 Å². The van der Waals surface area contributed by atoms with Gasteiger partial charge in [0.25, 0.3) is 5.91 Å². The number of halogens is 1. The van der Waals surface area contributed by atoms with Crippen molar-refractivity contribution >= 4 is 5.91 Å². The number of likely N-dealkylation sites (tertiary alicyclic amines) is 1. The van der Waals surface area contributed by atoms with E-state index < -0.39 is 5.82 Å². The molecule has 0 saturated carbocycles. The Morgan fingerprint density at radius 2 is 1.97 bits per heavy atom. The van der Waals surface area contributed by atoms with Gasteiger partial charge in [0.05, 0.1) is 11.7 Å². The molecule has 0 unspecified atom stereocenters. The van der Waals surface area contributed by atoms with Crippen LogP contribution in [0.4, 0.5) is 4.39 Å². The minimum Gasteiger partial charge on any atom is -0.343 e. The molecule has 0 bridgehead atoms.